The number of fused-ring (bicyclic) bond motifs is 1. The Hall–Kier alpha value is -1.06. The van der Waals surface area contributed by atoms with Crippen molar-refractivity contribution in [3.05, 3.63) is 27.6 Å². The number of carbonyl (C=O) groups is 1. The molecule has 0 unspecified atom stereocenters. The lowest BCUT2D eigenvalue weighted by molar-refractivity contribution is 0.112. The van der Waals surface area contributed by atoms with E-state index in [0.717, 1.165) is 27.7 Å². The van der Waals surface area contributed by atoms with E-state index in [9.17, 15) is 4.79 Å². The van der Waals surface area contributed by atoms with Crippen molar-refractivity contribution in [3.63, 3.8) is 0 Å². The molecular formula is C11H9ClO2S. The molecular weight excluding hydrogens is 232 g/mol. The Balaban J connectivity index is 2.89. The topological polar surface area (TPSA) is 26.3 Å². The van der Waals surface area contributed by atoms with E-state index in [1.165, 1.54) is 11.3 Å². The first kappa shape index (κ1) is 10.5. The molecule has 1 aromatic carbocycles. The zero-order chi connectivity index (χ0) is 11.0. The van der Waals surface area contributed by atoms with E-state index in [4.69, 9.17) is 16.3 Å². The van der Waals surface area contributed by atoms with Crippen LogP contribution in [0.25, 0.3) is 10.1 Å². The van der Waals surface area contributed by atoms with Crippen LogP contribution in [-0.2, 0) is 0 Å². The van der Waals surface area contributed by atoms with Crippen molar-refractivity contribution in [2.45, 2.75) is 6.92 Å². The summed E-state index contributed by atoms with van der Waals surface area (Å²) >= 11 is 7.40. The lowest BCUT2D eigenvalue weighted by atomic mass is 10.1. The fraction of sp³-hybridized carbons (Fsp3) is 0.182. The lowest BCUT2D eigenvalue weighted by Crippen LogP contribution is -1.88. The lowest BCUT2D eigenvalue weighted by Gasteiger charge is -2.05. The van der Waals surface area contributed by atoms with Crippen molar-refractivity contribution < 1.29 is 9.53 Å². The summed E-state index contributed by atoms with van der Waals surface area (Å²) in [5.74, 6) is 0.778. The number of aryl methyl sites for hydroxylation is 1. The zero-order valence-corrected chi connectivity index (χ0v) is 9.91. The second-order valence-corrected chi connectivity index (χ2v) is 4.83. The maximum atomic E-state index is 10.9. The van der Waals surface area contributed by atoms with Crippen molar-refractivity contribution in [1.29, 1.82) is 0 Å². The molecule has 0 amide bonds. The van der Waals surface area contributed by atoms with Gasteiger partial charge in [-0.15, -0.1) is 11.3 Å². The molecule has 0 radical (unpaired) electrons. The number of benzene rings is 1. The molecule has 78 valence electrons. The third-order valence-electron chi connectivity index (χ3n) is 2.40. The Bertz CT molecular complexity index is 531. The van der Waals surface area contributed by atoms with Crippen molar-refractivity contribution in [3.8, 4) is 5.75 Å². The Labute approximate surface area is 96.4 Å². The minimum Gasteiger partial charge on any atom is -0.496 e. The van der Waals surface area contributed by atoms with Gasteiger partial charge in [-0.2, -0.15) is 0 Å². The first-order valence-electron chi connectivity index (χ1n) is 4.39. The van der Waals surface area contributed by atoms with Gasteiger partial charge >= 0.3 is 0 Å². The third kappa shape index (κ3) is 1.52. The maximum absolute atomic E-state index is 10.9. The molecule has 0 aliphatic heterocycles. The van der Waals surface area contributed by atoms with Gasteiger partial charge in [0.1, 0.15) is 10.1 Å². The predicted molar refractivity (Wildman–Crippen MR) is 63.5 cm³/mol. The van der Waals surface area contributed by atoms with Crippen LogP contribution in [-0.4, -0.2) is 13.4 Å². The standard InChI is InChI=1S/C11H9ClO2S/c1-6-8(14-2)3-4-9-10(6)7(5-13)11(12)15-9/h3-5H,1-2H3. The molecule has 0 atom stereocenters. The highest BCUT2D eigenvalue weighted by Gasteiger charge is 2.14. The minimum atomic E-state index is 0.538. The zero-order valence-electron chi connectivity index (χ0n) is 8.33. The van der Waals surface area contributed by atoms with Crippen molar-refractivity contribution >= 4 is 39.3 Å². The van der Waals surface area contributed by atoms with Gasteiger partial charge in [0.2, 0.25) is 0 Å². The number of aldehydes is 1. The number of thiophene rings is 1. The van der Waals surface area contributed by atoms with Gasteiger partial charge in [-0.3, -0.25) is 4.79 Å². The summed E-state index contributed by atoms with van der Waals surface area (Å²) in [6.07, 6.45) is 0.799. The second kappa shape index (κ2) is 3.83. The van der Waals surface area contributed by atoms with Gasteiger partial charge in [-0.25, -0.2) is 0 Å². The highest BCUT2D eigenvalue weighted by molar-refractivity contribution is 7.23. The molecule has 0 aliphatic carbocycles. The molecule has 0 saturated carbocycles. The van der Waals surface area contributed by atoms with Crippen molar-refractivity contribution in [1.82, 2.24) is 0 Å². The molecule has 2 nitrogen and oxygen atoms in total. The molecule has 2 rings (SSSR count). The predicted octanol–water partition coefficient (Wildman–Crippen LogP) is 3.68. The highest BCUT2D eigenvalue weighted by Crippen LogP contribution is 2.38. The Morgan fingerprint density at radius 2 is 2.20 bits per heavy atom. The summed E-state index contributed by atoms with van der Waals surface area (Å²) in [6, 6.07) is 3.81. The molecule has 2 aromatic rings. The van der Waals surface area contributed by atoms with Gasteiger partial charge in [0.15, 0.2) is 6.29 Å². The second-order valence-electron chi connectivity index (χ2n) is 3.17. The molecule has 0 bridgehead atoms. The van der Waals surface area contributed by atoms with E-state index < -0.39 is 0 Å². The summed E-state index contributed by atoms with van der Waals surface area (Å²) in [6.45, 7) is 1.93. The number of carbonyl (C=O) groups excluding carboxylic acids is 1. The van der Waals surface area contributed by atoms with Gasteiger partial charge in [0.05, 0.1) is 12.7 Å². The number of ether oxygens (including phenoxy) is 1. The van der Waals surface area contributed by atoms with Gasteiger partial charge in [0, 0.05) is 15.6 Å². The first-order chi connectivity index (χ1) is 7.19. The normalized spacial score (nSPS) is 10.6. The number of hydrogen-bond acceptors (Lipinski definition) is 3. The SMILES string of the molecule is COc1ccc2sc(Cl)c(C=O)c2c1C. The third-order valence-corrected chi connectivity index (χ3v) is 3.79. The molecule has 0 fully saturated rings. The van der Waals surface area contributed by atoms with Crippen LogP contribution in [0, 0.1) is 6.92 Å². The van der Waals surface area contributed by atoms with Crippen molar-refractivity contribution in [2.24, 2.45) is 0 Å². The van der Waals surface area contributed by atoms with Gasteiger partial charge in [-0.05, 0) is 19.1 Å². The minimum absolute atomic E-state index is 0.538. The smallest absolute Gasteiger partial charge is 0.153 e. The number of hydrogen-bond donors (Lipinski definition) is 0. The Morgan fingerprint density at radius 1 is 1.47 bits per heavy atom. The fourth-order valence-electron chi connectivity index (χ4n) is 1.66. The highest BCUT2D eigenvalue weighted by atomic mass is 35.5. The van der Waals surface area contributed by atoms with Crippen LogP contribution >= 0.6 is 22.9 Å². The Kier molecular flexibility index (Phi) is 2.67. The average molecular weight is 241 g/mol. The summed E-state index contributed by atoms with van der Waals surface area (Å²) < 4.78 is 6.76. The Morgan fingerprint density at radius 3 is 2.80 bits per heavy atom. The van der Waals surface area contributed by atoms with E-state index in [0.29, 0.717) is 9.90 Å². The quantitative estimate of drug-likeness (QED) is 0.749. The molecule has 1 aromatic heterocycles. The molecule has 0 spiro atoms. The monoisotopic (exact) mass is 240 g/mol. The molecule has 1 heterocycles. The molecule has 4 heteroatoms. The van der Waals surface area contributed by atoms with Crippen LogP contribution in [0.1, 0.15) is 15.9 Å². The summed E-state index contributed by atoms with van der Waals surface area (Å²) in [5, 5.41) is 0.902. The first-order valence-corrected chi connectivity index (χ1v) is 5.59. The summed E-state index contributed by atoms with van der Waals surface area (Å²) in [4.78, 5) is 10.9. The largest absolute Gasteiger partial charge is 0.496 e. The molecule has 15 heavy (non-hydrogen) atoms. The molecule has 0 saturated heterocycles. The summed E-state index contributed by atoms with van der Waals surface area (Å²) in [7, 11) is 1.61. The maximum Gasteiger partial charge on any atom is 0.153 e. The number of rotatable bonds is 2. The average Bonchev–Trinajstić information content (AvgIpc) is 2.55. The van der Waals surface area contributed by atoms with E-state index in [1.54, 1.807) is 7.11 Å². The number of halogens is 1. The van der Waals surface area contributed by atoms with Crippen LogP contribution in [0.5, 0.6) is 5.75 Å². The fourth-order valence-corrected chi connectivity index (χ4v) is 3.01. The van der Waals surface area contributed by atoms with Crippen LogP contribution in [0.4, 0.5) is 0 Å². The summed E-state index contributed by atoms with van der Waals surface area (Å²) in [5.41, 5.74) is 1.52. The van der Waals surface area contributed by atoms with Gasteiger partial charge in [-0.1, -0.05) is 11.6 Å². The number of methoxy groups -OCH3 is 1. The van der Waals surface area contributed by atoms with Crippen LogP contribution in [0.2, 0.25) is 4.34 Å². The van der Waals surface area contributed by atoms with E-state index in [-0.39, 0.29) is 0 Å². The molecule has 0 aliphatic rings. The molecule has 0 N–H and O–H groups in total. The van der Waals surface area contributed by atoms with Crippen molar-refractivity contribution in [2.75, 3.05) is 7.11 Å². The van der Waals surface area contributed by atoms with Crippen LogP contribution < -0.4 is 4.74 Å². The van der Waals surface area contributed by atoms with Crippen LogP contribution in [0.3, 0.4) is 0 Å². The van der Waals surface area contributed by atoms with E-state index in [2.05, 4.69) is 0 Å². The van der Waals surface area contributed by atoms with E-state index >= 15 is 0 Å². The van der Waals surface area contributed by atoms with Gasteiger partial charge in [0.25, 0.3) is 0 Å². The van der Waals surface area contributed by atoms with E-state index in [1.807, 2.05) is 19.1 Å². The van der Waals surface area contributed by atoms with Crippen LogP contribution in [0.15, 0.2) is 12.1 Å². The van der Waals surface area contributed by atoms with Gasteiger partial charge < -0.3 is 4.74 Å².